The molecule has 114 valence electrons. The van der Waals surface area contributed by atoms with Crippen molar-refractivity contribution in [3.8, 4) is 11.3 Å². The fourth-order valence-corrected chi connectivity index (χ4v) is 2.94. The SMILES string of the molecule is CCCc1ccc(CC)c(-c2c(CC)cnn2C(C)C)c1. The maximum absolute atomic E-state index is 4.63. The van der Waals surface area contributed by atoms with E-state index in [9.17, 15) is 0 Å². The lowest BCUT2D eigenvalue weighted by molar-refractivity contribution is 0.538. The smallest absolute Gasteiger partial charge is 0.0720 e. The molecule has 1 heterocycles. The number of nitrogens with zero attached hydrogens (tertiary/aromatic N) is 2. The molecule has 0 saturated heterocycles. The standard InChI is InChI=1S/C19H28N2/c1-6-9-15-10-11-16(7-2)18(12-15)19-17(8-3)13-20-21(19)14(4)5/h10-14H,6-9H2,1-5H3. The number of aryl methyl sites for hydroxylation is 3. The van der Waals surface area contributed by atoms with Crippen molar-refractivity contribution in [2.24, 2.45) is 0 Å². The molecular weight excluding hydrogens is 256 g/mol. The second-order valence-electron chi connectivity index (χ2n) is 6.01. The Kier molecular flexibility index (Phi) is 5.22. The first kappa shape index (κ1) is 15.8. The summed E-state index contributed by atoms with van der Waals surface area (Å²) in [7, 11) is 0. The van der Waals surface area contributed by atoms with Crippen LogP contribution >= 0.6 is 0 Å². The zero-order valence-corrected chi connectivity index (χ0v) is 14.1. The van der Waals surface area contributed by atoms with Crippen molar-refractivity contribution in [1.29, 1.82) is 0 Å². The number of hydrogen-bond acceptors (Lipinski definition) is 1. The van der Waals surface area contributed by atoms with Crippen LogP contribution in [0, 0.1) is 0 Å². The van der Waals surface area contributed by atoms with E-state index in [2.05, 4.69) is 62.6 Å². The molecule has 2 aromatic rings. The van der Waals surface area contributed by atoms with Gasteiger partial charge in [-0.05, 0) is 55.9 Å². The second kappa shape index (κ2) is 6.93. The molecule has 0 amide bonds. The summed E-state index contributed by atoms with van der Waals surface area (Å²) in [5.74, 6) is 0. The lowest BCUT2D eigenvalue weighted by Gasteiger charge is -2.16. The Balaban J connectivity index is 2.63. The molecule has 2 rings (SSSR count). The van der Waals surface area contributed by atoms with E-state index in [1.165, 1.54) is 34.4 Å². The van der Waals surface area contributed by atoms with Crippen LogP contribution in [-0.4, -0.2) is 9.78 Å². The quantitative estimate of drug-likeness (QED) is 0.712. The first-order valence-electron chi connectivity index (χ1n) is 8.30. The lowest BCUT2D eigenvalue weighted by atomic mass is 9.95. The molecule has 0 aliphatic carbocycles. The van der Waals surface area contributed by atoms with Crippen molar-refractivity contribution in [1.82, 2.24) is 9.78 Å². The third-order valence-corrected chi connectivity index (χ3v) is 4.09. The van der Waals surface area contributed by atoms with E-state index >= 15 is 0 Å². The van der Waals surface area contributed by atoms with E-state index < -0.39 is 0 Å². The van der Waals surface area contributed by atoms with Gasteiger partial charge < -0.3 is 0 Å². The van der Waals surface area contributed by atoms with Gasteiger partial charge in [0.05, 0.1) is 11.9 Å². The zero-order valence-electron chi connectivity index (χ0n) is 14.1. The molecule has 0 bridgehead atoms. The summed E-state index contributed by atoms with van der Waals surface area (Å²) >= 11 is 0. The van der Waals surface area contributed by atoms with Gasteiger partial charge in [0.15, 0.2) is 0 Å². The Bertz CT molecular complexity index is 594. The minimum absolute atomic E-state index is 0.389. The minimum Gasteiger partial charge on any atom is -0.262 e. The molecular formula is C19H28N2. The molecule has 0 N–H and O–H groups in total. The highest BCUT2D eigenvalue weighted by molar-refractivity contribution is 5.68. The topological polar surface area (TPSA) is 17.8 Å². The molecule has 0 spiro atoms. The molecule has 1 aromatic carbocycles. The predicted octanol–water partition coefficient (Wildman–Crippen LogP) is 5.21. The van der Waals surface area contributed by atoms with Gasteiger partial charge in [-0.25, -0.2) is 0 Å². The third-order valence-electron chi connectivity index (χ3n) is 4.09. The highest BCUT2D eigenvalue weighted by Crippen LogP contribution is 2.31. The molecule has 2 nitrogen and oxygen atoms in total. The highest BCUT2D eigenvalue weighted by atomic mass is 15.3. The van der Waals surface area contributed by atoms with Crippen LogP contribution in [0.4, 0.5) is 0 Å². The van der Waals surface area contributed by atoms with Crippen LogP contribution in [0.3, 0.4) is 0 Å². The van der Waals surface area contributed by atoms with Gasteiger partial charge in [0.25, 0.3) is 0 Å². The van der Waals surface area contributed by atoms with Crippen LogP contribution in [0.15, 0.2) is 24.4 Å². The van der Waals surface area contributed by atoms with Gasteiger partial charge in [0.1, 0.15) is 0 Å². The van der Waals surface area contributed by atoms with Crippen LogP contribution in [0.5, 0.6) is 0 Å². The molecule has 0 fully saturated rings. The largest absolute Gasteiger partial charge is 0.262 e. The van der Waals surface area contributed by atoms with E-state index in [-0.39, 0.29) is 0 Å². The van der Waals surface area contributed by atoms with E-state index in [0.29, 0.717) is 6.04 Å². The molecule has 2 heteroatoms. The Labute approximate surface area is 129 Å². The van der Waals surface area contributed by atoms with Gasteiger partial charge in [-0.3, -0.25) is 4.68 Å². The zero-order chi connectivity index (χ0) is 15.4. The maximum Gasteiger partial charge on any atom is 0.0720 e. The molecule has 0 saturated carbocycles. The van der Waals surface area contributed by atoms with Crippen LogP contribution in [-0.2, 0) is 19.3 Å². The fraction of sp³-hybridized carbons (Fsp3) is 0.526. The van der Waals surface area contributed by atoms with Crippen molar-refractivity contribution >= 4 is 0 Å². The molecule has 0 aliphatic rings. The summed E-state index contributed by atoms with van der Waals surface area (Å²) in [6, 6.07) is 7.36. The van der Waals surface area contributed by atoms with Crippen LogP contribution < -0.4 is 0 Å². The van der Waals surface area contributed by atoms with E-state index in [1.807, 2.05) is 6.20 Å². The van der Waals surface area contributed by atoms with Crippen LogP contribution in [0.25, 0.3) is 11.3 Å². The van der Waals surface area contributed by atoms with Gasteiger partial charge >= 0.3 is 0 Å². The minimum atomic E-state index is 0.389. The van der Waals surface area contributed by atoms with Gasteiger partial charge in [0, 0.05) is 11.6 Å². The number of rotatable bonds is 6. The first-order chi connectivity index (χ1) is 10.1. The Hall–Kier alpha value is -1.57. The maximum atomic E-state index is 4.63. The van der Waals surface area contributed by atoms with E-state index in [4.69, 9.17) is 0 Å². The number of hydrogen-bond donors (Lipinski definition) is 0. The molecule has 0 atom stereocenters. The van der Waals surface area contributed by atoms with Crippen molar-refractivity contribution in [3.05, 3.63) is 41.1 Å². The summed E-state index contributed by atoms with van der Waals surface area (Å²) in [5, 5.41) is 4.63. The second-order valence-corrected chi connectivity index (χ2v) is 6.01. The van der Waals surface area contributed by atoms with Gasteiger partial charge in [-0.1, -0.05) is 39.3 Å². The normalized spacial score (nSPS) is 11.3. The molecule has 0 aliphatic heterocycles. The first-order valence-corrected chi connectivity index (χ1v) is 8.30. The summed E-state index contributed by atoms with van der Waals surface area (Å²) in [4.78, 5) is 0. The van der Waals surface area contributed by atoms with Gasteiger partial charge in [-0.15, -0.1) is 0 Å². The predicted molar refractivity (Wildman–Crippen MR) is 90.8 cm³/mol. The summed E-state index contributed by atoms with van der Waals surface area (Å²) in [6.07, 6.45) is 6.47. The van der Waals surface area contributed by atoms with Crippen molar-refractivity contribution < 1.29 is 0 Å². The highest BCUT2D eigenvalue weighted by Gasteiger charge is 2.16. The number of aromatic nitrogens is 2. The fourth-order valence-electron chi connectivity index (χ4n) is 2.94. The molecule has 21 heavy (non-hydrogen) atoms. The number of benzene rings is 1. The third kappa shape index (κ3) is 3.20. The van der Waals surface area contributed by atoms with E-state index in [1.54, 1.807) is 0 Å². The van der Waals surface area contributed by atoms with Crippen molar-refractivity contribution in [2.75, 3.05) is 0 Å². The lowest BCUT2D eigenvalue weighted by Crippen LogP contribution is -2.07. The molecule has 0 unspecified atom stereocenters. The van der Waals surface area contributed by atoms with Crippen molar-refractivity contribution in [2.45, 2.75) is 66.3 Å². The van der Waals surface area contributed by atoms with E-state index in [0.717, 1.165) is 19.3 Å². The Morgan fingerprint density at radius 3 is 2.33 bits per heavy atom. The molecule has 0 radical (unpaired) electrons. The average molecular weight is 284 g/mol. The Morgan fingerprint density at radius 1 is 1.05 bits per heavy atom. The van der Waals surface area contributed by atoms with Gasteiger partial charge in [-0.2, -0.15) is 5.10 Å². The van der Waals surface area contributed by atoms with Crippen LogP contribution in [0.1, 0.15) is 63.8 Å². The average Bonchev–Trinajstić information content (AvgIpc) is 2.91. The van der Waals surface area contributed by atoms with Crippen molar-refractivity contribution in [3.63, 3.8) is 0 Å². The Morgan fingerprint density at radius 2 is 1.76 bits per heavy atom. The summed E-state index contributed by atoms with van der Waals surface area (Å²) in [5.41, 5.74) is 6.91. The molecule has 1 aromatic heterocycles. The van der Waals surface area contributed by atoms with Gasteiger partial charge in [0.2, 0.25) is 0 Å². The summed E-state index contributed by atoms with van der Waals surface area (Å²) < 4.78 is 2.18. The summed E-state index contributed by atoms with van der Waals surface area (Å²) in [6.45, 7) is 11.1. The van der Waals surface area contributed by atoms with Crippen LogP contribution in [0.2, 0.25) is 0 Å². The monoisotopic (exact) mass is 284 g/mol.